The Morgan fingerprint density at radius 1 is 0.919 bits per heavy atom. The molecule has 3 atom stereocenters. The third-order valence-corrected chi connectivity index (χ3v) is 9.28. The molecule has 0 N–H and O–H groups in total. The van der Waals surface area contributed by atoms with Gasteiger partial charge in [0.2, 0.25) is 10.0 Å². The lowest BCUT2D eigenvalue weighted by molar-refractivity contribution is 0.213. The maximum atomic E-state index is 14.7. The molecule has 2 aromatic carbocycles. The molecule has 3 aliphatic rings. The highest BCUT2D eigenvalue weighted by Gasteiger charge is 2.41. The van der Waals surface area contributed by atoms with Gasteiger partial charge in [-0.2, -0.15) is 4.31 Å². The Balaban J connectivity index is 0.00000160. The summed E-state index contributed by atoms with van der Waals surface area (Å²) in [6.07, 6.45) is 3.22. The van der Waals surface area contributed by atoms with Crippen LogP contribution in [0.2, 0.25) is 0 Å². The second kappa shape index (κ2) is 12.8. The Hall–Kier alpha value is -1.13. The molecule has 2 aliphatic heterocycles. The molecule has 1 aliphatic carbocycles. The maximum Gasteiger partial charge on any atom is 0.211 e. The number of halogens is 4. The highest BCUT2D eigenvalue weighted by atomic mass is 35.5. The van der Waals surface area contributed by atoms with Crippen molar-refractivity contribution in [3.63, 3.8) is 0 Å². The van der Waals surface area contributed by atoms with Crippen LogP contribution in [0.4, 0.5) is 10.1 Å². The fraction of sp³-hybridized carbons (Fsp3) is 0.538. The van der Waals surface area contributed by atoms with Crippen LogP contribution in [0.1, 0.15) is 35.1 Å². The summed E-state index contributed by atoms with van der Waals surface area (Å²) in [5, 5.41) is 0. The number of piperazine rings is 1. The van der Waals surface area contributed by atoms with Crippen LogP contribution in [0.5, 0.6) is 0 Å². The van der Waals surface area contributed by atoms with E-state index in [9.17, 15) is 12.8 Å². The number of sulfonamides is 1. The van der Waals surface area contributed by atoms with Crippen LogP contribution >= 0.6 is 37.2 Å². The first-order chi connectivity index (χ1) is 16.2. The Morgan fingerprint density at radius 3 is 2.16 bits per heavy atom. The van der Waals surface area contributed by atoms with Gasteiger partial charge in [0.1, 0.15) is 5.82 Å². The fourth-order valence-corrected chi connectivity index (χ4v) is 6.93. The van der Waals surface area contributed by atoms with Crippen LogP contribution in [-0.2, 0) is 16.4 Å². The normalized spacial score (nSPS) is 24.2. The number of likely N-dealkylation sites (tertiary alicyclic amines) is 1. The van der Waals surface area contributed by atoms with E-state index in [1.807, 2.05) is 6.07 Å². The van der Waals surface area contributed by atoms with E-state index in [1.165, 1.54) is 11.8 Å². The summed E-state index contributed by atoms with van der Waals surface area (Å²) in [4.78, 5) is 7.05. The van der Waals surface area contributed by atoms with Gasteiger partial charge in [-0.3, -0.25) is 4.90 Å². The van der Waals surface area contributed by atoms with E-state index in [0.29, 0.717) is 38.1 Å². The molecule has 208 valence electrons. The van der Waals surface area contributed by atoms with Gasteiger partial charge < -0.3 is 9.80 Å². The molecule has 6 nitrogen and oxygen atoms in total. The number of anilines is 1. The molecule has 2 aromatic rings. The smallest absolute Gasteiger partial charge is 0.211 e. The molecule has 2 saturated heterocycles. The van der Waals surface area contributed by atoms with Crippen molar-refractivity contribution in [2.45, 2.75) is 30.8 Å². The molecule has 0 spiro atoms. The number of nitrogens with zero attached hydrogens (tertiary/aromatic N) is 4. The summed E-state index contributed by atoms with van der Waals surface area (Å²) in [6.45, 7) is 4.33. The van der Waals surface area contributed by atoms with Crippen LogP contribution in [0.25, 0.3) is 0 Å². The van der Waals surface area contributed by atoms with Crippen LogP contribution in [0, 0.1) is 5.82 Å². The zero-order valence-electron chi connectivity index (χ0n) is 21.5. The molecule has 37 heavy (non-hydrogen) atoms. The largest absolute Gasteiger partial charge is 0.369 e. The number of rotatable bonds is 5. The van der Waals surface area contributed by atoms with Gasteiger partial charge in [-0.15, -0.1) is 37.2 Å². The van der Waals surface area contributed by atoms with Crippen LogP contribution in [-0.4, -0.2) is 88.2 Å². The summed E-state index contributed by atoms with van der Waals surface area (Å²) in [6, 6.07) is 14.8. The molecule has 11 heteroatoms. The van der Waals surface area contributed by atoms with E-state index in [2.05, 4.69) is 59.1 Å². The third kappa shape index (κ3) is 6.55. The number of likely N-dealkylation sites (N-methyl/N-ethyl adjacent to an activating group) is 1. The Morgan fingerprint density at radius 2 is 1.57 bits per heavy atom. The molecule has 0 radical (unpaired) electrons. The first kappa shape index (κ1) is 32.1. The molecule has 0 saturated carbocycles. The van der Waals surface area contributed by atoms with Gasteiger partial charge in [0.25, 0.3) is 0 Å². The van der Waals surface area contributed by atoms with Gasteiger partial charge in [0.15, 0.2) is 0 Å². The molecular formula is C26H38Cl3FN4O2S. The molecule has 0 aromatic heterocycles. The average molecular weight is 596 g/mol. The van der Waals surface area contributed by atoms with E-state index in [0.717, 1.165) is 42.7 Å². The number of hydrogen-bond donors (Lipinski definition) is 0. The van der Waals surface area contributed by atoms with E-state index < -0.39 is 10.0 Å². The molecule has 5 rings (SSSR count). The number of fused-ring (bicyclic) bond motifs is 1. The average Bonchev–Trinajstić information content (AvgIpc) is 3.44. The van der Waals surface area contributed by atoms with Gasteiger partial charge in [-0.25, -0.2) is 12.8 Å². The van der Waals surface area contributed by atoms with E-state index >= 15 is 0 Å². The number of aryl methyl sites for hydroxylation is 1. The molecule has 0 amide bonds. The lowest BCUT2D eigenvalue weighted by Gasteiger charge is -2.35. The van der Waals surface area contributed by atoms with Gasteiger partial charge in [-0.1, -0.05) is 24.3 Å². The predicted molar refractivity (Wildman–Crippen MR) is 156 cm³/mol. The van der Waals surface area contributed by atoms with Crippen LogP contribution in [0.15, 0.2) is 42.5 Å². The highest BCUT2D eigenvalue weighted by Crippen LogP contribution is 2.42. The molecule has 2 heterocycles. The van der Waals surface area contributed by atoms with Crippen LogP contribution < -0.4 is 4.90 Å². The molecule has 3 unspecified atom stereocenters. The van der Waals surface area contributed by atoms with Crippen molar-refractivity contribution < 1.29 is 12.8 Å². The first-order valence-corrected chi connectivity index (χ1v) is 14.0. The summed E-state index contributed by atoms with van der Waals surface area (Å²) < 4.78 is 39.8. The lowest BCUT2D eigenvalue weighted by atomic mass is 9.93. The molecule has 0 bridgehead atoms. The summed E-state index contributed by atoms with van der Waals surface area (Å²) in [5.41, 5.74) is 4.52. The van der Waals surface area contributed by atoms with Crippen molar-refractivity contribution in [3.8, 4) is 0 Å². The van der Waals surface area contributed by atoms with Gasteiger partial charge in [0, 0.05) is 68.5 Å². The van der Waals surface area contributed by atoms with Gasteiger partial charge in [-0.05, 0) is 56.3 Å². The van der Waals surface area contributed by atoms with E-state index in [1.54, 1.807) is 10.4 Å². The van der Waals surface area contributed by atoms with Crippen molar-refractivity contribution in [3.05, 3.63) is 65.0 Å². The predicted octanol–water partition coefficient (Wildman–Crippen LogP) is 4.19. The van der Waals surface area contributed by atoms with Crippen molar-refractivity contribution in [1.29, 1.82) is 0 Å². The highest BCUT2D eigenvalue weighted by molar-refractivity contribution is 7.88. The minimum absolute atomic E-state index is 0. The van der Waals surface area contributed by atoms with E-state index in [4.69, 9.17) is 0 Å². The number of hydrogen-bond acceptors (Lipinski definition) is 5. The van der Waals surface area contributed by atoms with Crippen molar-refractivity contribution >= 4 is 52.9 Å². The summed E-state index contributed by atoms with van der Waals surface area (Å²) >= 11 is 0. The molecule has 2 fully saturated rings. The minimum atomic E-state index is -3.12. The van der Waals surface area contributed by atoms with Crippen molar-refractivity contribution in [2.75, 3.05) is 64.5 Å². The monoisotopic (exact) mass is 594 g/mol. The second-order valence-corrected chi connectivity index (χ2v) is 12.2. The zero-order chi connectivity index (χ0) is 24.0. The first-order valence-electron chi connectivity index (χ1n) is 12.2. The summed E-state index contributed by atoms with van der Waals surface area (Å²) in [5.74, 6) is 0.298. The van der Waals surface area contributed by atoms with E-state index in [-0.39, 0.29) is 49.1 Å². The van der Waals surface area contributed by atoms with Crippen molar-refractivity contribution in [2.24, 2.45) is 0 Å². The zero-order valence-corrected chi connectivity index (χ0v) is 24.8. The quantitative estimate of drug-likeness (QED) is 0.519. The van der Waals surface area contributed by atoms with Gasteiger partial charge in [0.05, 0.1) is 6.26 Å². The second-order valence-electron chi connectivity index (χ2n) is 10.2. The maximum absolute atomic E-state index is 14.7. The number of benzene rings is 2. The van der Waals surface area contributed by atoms with Gasteiger partial charge >= 0.3 is 0 Å². The van der Waals surface area contributed by atoms with Crippen molar-refractivity contribution in [1.82, 2.24) is 14.1 Å². The summed E-state index contributed by atoms with van der Waals surface area (Å²) in [7, 11) is 1.15. The van der Waals surface area contributed by atoms with Crippen LogP contribution in [0.3, 0.4) is 0 Å². The Kier molecular flexibility index (Phi) is 11.1. The fourth-order valence-electron chi connectivity index (χ4n) is 6.11. The standard InChI is InChI=1S/C26H35FN4O2S.3ClH/c1-28(2)25-18-30(24-12-9-20-5-4-6-23(27)26(20)24)17-22(25)19-7-10-21(11-8-19)29-13-15-31(16-14-29)34(3,32)33;;;/h4-8,10-11,22,24-25H,9,12-18H2,1-3H3;3*1H. The minimum Gasteiger partial charge on any atom is -0.369 e. The third-order valence-electron chi connectivity index (χ3n) is 7.98. The molecular weight excluding hydrogens is 558 g/mol. The SMILES string of the molecule is CN(C)C1CN(C2CCc3cccc(F)c32)CC1c1ccc(N2CCN(S(C)(=O)=O)CC2)cc1.Cl.Cl.Cl. The Bertz CT molecular complexity index is 1150. The lowest BCUT2D eigenvalue weighted by Crippen LogP contribution is -2.48. The Labute approximate surface area is 239 Å². The topological polar surface area (TPSA) is 47.1 Å².